The predicted octanol–water partition coefficient (Wildman–Crippen LogP) is 0.943. The number of rotatable bonds is 3. The molecule has 116 valence electrons. The van der Waals surface area contributed by atoms with Crippen LogP contribution in [-0.4, -0.2) is 42.8 Å². The van der Waals surface area contributed by atoms with Gasteiger partial charge in [0.05, 0.1) is 11.9 Å². The summed E-state index contributed by atoms with van der Waals surface area (Å²) in [7, 11) is 0. The van der Waals surface area contributed by atoms with Gasteiger partial charge < -0.3 is 9.69 Å². The van der Waals surface area contributed by atoms with E-state index in [2.05, 4.69) is 15.2 Å². The van der Waals surface area contributed by atoms with Gasteiger partial charge in [-0.05, 0) is 25.0 Å². The Morgan fingerprint density at radius 3 is 2.55 bits per heavy atom. The molecule has 2 fully saturated rings. The van der Waals surface area contributed by atoms with Crippen LogP contribution in [-0.2, 0) is 9.59 Å². The fourth-order valence-corrected chi connectivity index (χ4v) is 2.80. The largest absolute Gasteiger partial charge is 0.370 e. The number of urea groups is 1. The van der Waals surface area contributed by atoms with E-state index >= 15 is 0 Å². The monoisotopic (exact) mass is 302 g/mol. The van der Waals surface area contributed by atoms with Gasteiger partial charge in [0.15, 0.2) is 0 Å². The molecular formula is C15H18N4O3. The van der Waals surface area contributed by atoms with E-state index in [0.29, 0.717) is 12.4 Å². The Morgan fingerprint density at radius 2 is 1.95 bits per heavy atom. The molecule has 7 heteroatoms. The highest BCUT2D eigenvalue weighted by atomic mass is 16.2. The number of nitrogens with one attached hydrogen (secondary N) is 1. The summed E-state index contributed by atoms with van der Waals surface area (Å²) in [6, 6.07) is 3.28. The Bertz CT molecular complexity index is 579. The normalized spacial score (nSPS) is 20.0. The van der Waals surface area contributed by atoms with Crippen molar-refractivity contribution in [2.75, 3.05) is 29.4 Å². The molecular weight excluding hydrogens is 284 g/mol. The lowest BCUT2D eigenvalue weighted by Crippen LogP contribution is -2.49. The number of imide groups is 1. The number of carbonyl (C=O) groups excluding carboxylic acids is 3. The van der Waals surface area contributed by atoms with E-state index in [0.717, 1.165) is 37.9 Å². The zero-order chi connectivity index (χ0) is 15.5. The topological polar surface area (TPSA) is 82.6 Å². The van der Waals surface area contributed by atoms with Crippen LogP contribution in [0.25, 0.3) is 0 Å². The molecule has 0 aliphatic carbocycles. The first-order chi connectivity index (χ1) is 10.7. The Kier molecular flexibility index (Phi) is 4.04. The van der Waals surface area contributed by atoms with Crippen molar-refractivity contribution >= 4 is 29.7 Å². The Labute approximate surface area is 128 Å². The second kappa shape index (κ2) is 6.13. The molecule has 3 amide bonds. The second-order valence-electron chi connectivity index (χ2n) is 5.59. The number of hydrogen-bond acceptors (Lipinski definition) is 5. The van der Waals surface area contributed by atoms with E-state index in [4.69, 9.17) is 0 Å². The fourth-order valence-electron chi connectivity index (χ4n) is 2.80. The van der Waals surface area contributed by atoms with Crippen molar-refractivity contribution in [1.82, 2.24) is 10.3 Å². The zero-order valence-corrected chi connectivity index (χ0v) is 12.2. The minimum Gasteiger partial charge on any atom is -0.370 e. The lowest BCUT2D eigenvalue weighted by Gasteiger charge is -2.31. The summed E-state index contributed by atoms with van der Waals surface area (Å²) in [6.45, 7) is 2.02. The van der Waals surface area contributed by atoms with E-state index < -0.39 is 6.03 Å². The third kappa shape index (κ3) is 2.93. The van der Waals surface area contributed by atoms with Crippen LogP contribution in [0.5, 0.6) is 0 Å². The molecule has 2 aliphatic rings. The number of anilines is 2. The van der Waals surface area contributed by atoms with E-state index in [-0.39, 0.29) is 18.2 Å². The first-order valence-electron chi connectivity index (χ1n) is 7.45. The lowest BCUT2D eigenvalue weighted by atomic mass is 9.98. The van der Waals surface area contributed by atoms with E-state index in [9.17, 15) is 14.4 Å². The van der Waals surface area contributed by atoms with Crippen LogP contribution in [0.2, 0.25) is 0 Å². The van der Waals surface area contributed by atoms with Crippen molar-refractivity contribution in [1.29, 1.82) is 0 Å². The number of nitrogens with zero attached hydrogens (tertiary/aromatic N) is 3. The molecule has 0 radical (unpaired) electrons. The molecule has 1 N–H and O–H groups in total. The van der Waals surface area contributed by atoms with Crippen LogP contribution in [0, 0.1) is 5.92 Å². The van der Waals surface area contributed by atoms with Gasteiger partial charge in [-0.15, -0.1) is 0 Å². The average Bonchev–Trinajstić information content (AvgIpc) is 2.55. The molecule has 1 aromatic rings. The minimum absolute atomic E-state index is 0.165. The first kappa shape index (κ1) is 14.5. The van der Waals surface area contributed by atoms with Crippen LogP contribution < -0.4 is 15.1 Å². The van der Waals surface area contributed by atoms with Crippen molar-refractivity contribution in [2.24, 2.45) is 5.92 Å². The number of aldehydes is 1. The maximum atomic E-state index is 11.8. The summed E-state index contributed by atoms with van der Waals surface area (Å²) in [4.78, 5) is 41.7. The molecule has 3 heterocycles. The maximum Gasteiger partial charge on any atom is 0.329 e. The number of pyridine rings is 1. The van der Waals surface area contributed by atoms with Crippen LogP contribution in [0.4, 0.5) is 16.3 Å². The summed E-state index contributed by atoms with van der Waals surface area (Å²) in [6.07, 6.45) is 4.79. The Balaban J connectivity index is 1.67. The van der Waals surface area contributed by atoms with Gasteiger partial charge in [-0.1, -0.05) is 0 Å². The highest BCUT2D eigenvalue weighted by Crippen LogP contribution is 2.23. The highest BCUT2D eigenvalue weighted by molar-refractivity contribution is 6.05. The third-order valence-electron chi connectivity index (χ3n) is 4.16. The van der Waals surface area contributed by atoms with Crippen molar-refractivity contribution in [3.8, 4) is 0 Å². The molecule has 0 spiro atoms. The fraction of sp³-hybridized carbons (Fsp3) is 0.467. The van der Waals surface area contributed by atoms with E-state index in [1.165, 1.54) is 4.90 Å². The first-order valence-corrected chi connectivity index (χ1v) is 7.45. The van der Waals surface area contributed by atoms with Crippen molar-refractivity contribution in [2.45, 2.75) is 19.3 Å². The molecule has 1 aromatic heterocycles. The van der Waals surface area contributed by atoms with Crippen LogP contribution in [0.15, 0.2) is 18.3 Å². The van der Waals surface area contributed by atoms with E-state index in [1.807, 2.05) is 6.07 Å². The van der Waals surface area contributed by atoms with Crippen LogP contribution in [0.3, 0.4) is 0 Å². The number of carbonyl (C=O) groups is 3. The molecule has 2 aliphatic heterocycles. The predicted molar refractivity (Wildman–Crippen MR) is 80.7 cm³/mol. The molecule has 0 atom stereocenters. The number of hydrogen-bond donors (Lipinski definition) is 1. The SMILES string of the molecule is O=CC1CCN(c2ccc(N3CCC(=O)NC3=O)nc2)CC1. The van der Waals surface area contributed by atoms with Gasteiger partial charge in [0, 0.05) is 32.0 Å². The molecule has 7 nitrogen and oxygen atoms in total. The molecule has 0 unspecified atom stereocenters. The third-order valence-corrected chi connectivity index (χ3v) is 4.16. The van der Waals surface area contributed by atoms with Gasteiger partial charge in [-0.3, -0.25) is 15.0 Å². The maximum absolute atomic E-state index is 11.8. The van der Waals surface area contributed by atoms with Crippen molar-refractivity contribution in [3.63, 3.8) is 0 Å². The van der Waals surface area contributed by atoms with Gasteiger partial charge in [0.2, 0.25) is 5.91 Å². The minimum atomic E-state index is -0.428. The van der Waals surface area contributed by atoms with Crippen LogP contribution >= 0.6 is 0 Å². The second-order valence-corrected chi connectivity index (χ2v) is 5.59. The van der Waals surface area contributed by atoms with Gasteiger partial charge in [-0.25, -0.2) is 9.78 Å². The molecule has 0 aromatic carbocycles. The smallest absolute Gasteiger partial charge is 0.329 e. The number of aromatic nitrogens is 1. The van der Waals surface area contributed by atoms with Crippen LogP contribution in [0.1, 0.15) is 19.3 Å². The quantitative estimate of drug-likeness (QED) is 0.840. The zero-order valence-electron chi connectivity index (χ0n) is 12.2. The van der Waals surface area contributed by atoms with Crippen molar-refractivity contribution < 1.29 is 14.4 Å². The number of piperidine rings is 1. The van der Waals surface area contributed by atoms with Gasteiger partial charge in [0.1, 0.15) is 12.1 Å². The summed E-state index contributed by atoms with van der Waals surface area (Å²) >= 11 is 0. The summed E-state index contributed by atoms with van der Waals surface area (Å²) < 4.78 is 0. The van der Waals surface area contributed by atoms with Crippen molar-refractivity contribution in [3.05, 3.63) is 18.3 Å². The summed E-state index contributed by atoms with van der Waals surface area (Å²) in [5.41, 5.74) is 0.988. The molecule has 2 saturated heterocycles. The lowest BCUT2D eigenvalue weighted by molar-refractivity contribution is -0.120. The Morgan fingerprint density at radius 1 is 1.18 bits per heavy atom. The molecule has 22 heavy (non-hydrogen) atoms. The van der Waals surface area contributed by atoms with Gasteiger partial charge in [-0.2, -0.15) is 0 Å². The van der Waals surface area contributed by atoms with Gasteiger partial charge in [0.25, 0.3) is 0 Å². The highest BCUT2D eigenvalue weighted by Gasteiger charge is 2.25. The van der Waals surface area contributed by atoms with Gasteiger partial charge >= 0.3 is 6.03 Å². The molecule has 3 rings (SSSR count). The standard InChI is InChI=1S/C15H18N4O3/c20-10-11-3-6-18(7-4-11)12-1-2-13(16-9-12)19-8-5-14(21)17-15(19)22/h1-2,9-11H,3-8H2,(H,17,21,22). The number of amides is 3. The Hall–Kier alpha value is -2.44. The molecule has 0 bridgehead atoms. The summed E-state index contributed by atoms with van der Waals surface area (Å²) in [5.74, 6) is 0.450. The average molecular weight is 302 g/mol. The van der Waals surface area contributed by atoms with E-state index in [1.54, 1.807) is 12.3 Å². The molecule has 0 saturated carbocycles. The summed E-state index contributed by atoms with van der Waals surface area (Å²) in [5, 5.41) is 2.28.